The average Bonchev–Trinajstić information content (AvgIpc) is 3.47. The molecule has 1 fully saturated rings. The number of hydrogen-bond acceptors (Lipinski definition) is 6. The molecule has 0 spiro atoms. The number of carbonyl (C=O) groups excluding carboxylic acids is 1. The quantitative estimate of drug-likeness (QED) is 0.288. The monoisotopic (exact) mass is 483 g/mol. The Morgan fingerprint density at radius 1 is 1.18 bits per heavy atom. The zero-order valence-corrected chi connectivity index (χ0v) is 20.1. The van der Waals surface area contributed by atoms with E-state index in [1.54, 1.807) is 37.3 Å². The molecule has 0 saturated carbocycles. The smallest absolute Gasteiger partial charge is 0.316 e. The van der Waals surface area contributed by atoms with Crippen molar-refractivity contribution < 1.29 is 17.9 Å². The number of aromatic nitrogens is 2. The minimum Gasteiger partial charge on any atom is -0.465 e. The van der Waals surface area contributed by atoms with E-state index in [1.807, 2.05) is 23.7 Å². The number of nitrogens with one attached hydrogen (secondary N) is 1. The Balaban J connectivity index is 1.71. The van der Waals surface area contributed by atoms with Gasteiger partial charge in [-0.1, -0.05) is 24.3 Å². The van der Waals surface area contributed by atoms with E-state index in [1.165, 1.54) is 4.31 Å². The summed E-state index contributed by atoms with van der Waals surface area (Å²) in [6, 6.07) is 12.0. The van der Waals surface area contributed by atoms with Gasteiger partial charge >= 0.3 is 5.97 Å². The molecule has 1 aliphatic heterocycles. The average molecular weight is 484 g/mol. The van der Waals surface area contributed by atoms with Crippen molar-refractivity contribution >= 4 is 32.9 Å². The Kier molecular flexibility index (Phi) is 6.72. The van der Waals surface area contributed by atoms with Crippen molar-refractivity contribution in [2.24, 2.45) is 12.8 Å². The number of amidine groups is 1. The Morgan fingerprint density at radius 3 is 2.47 bits per heavy atom. The summed E-state index contributed by atoms with van der Waals surface area (Å²) in [5, 5.41) is 7.56. The number of ether oxygens (including phenoxy) is 1. The Labute approximate surface area is 199 Å². The van der Waals surface area contributed by atoms with Gasteiger partial charge in [0, 0.05) is 25.7 Å². The lowest BCUT2D eigenvalue weighted by molar-refractivity contribution is -0.145. The van der Waals surface area contributed by atoms with E-state index >= 15 is 0 Å². The number of sulfonamides is 1. The van der Waals surface area contributed by atoms with Crippen LogP contribution in [0.5, 0.6) is 0 Å². The van der Waals surface area contributed by atoms with Gasteiger partial charge in [0.05, 0.1) is 22.5 Å². The zero-order chi connectivity index (χ0) is 24.5. The summed E-state index contributed by atoms with van der Waals surface area (Å²) >= 11 is 0. The van der Waals surface area contributed by atoms with Crippen LogP contribution >= 0.6 is 0 Å². The molecule has 4 rings (SSSR count). The van der Waals surface area contributed by atoms with Gasteiger partial charge in [-0.15, -0.1) is 0 Å². The molecule has 9 nitrogen and oxygen atoms in total. The third-order valence-electron chi connectivity index (χ3n) is 6.18. The van der Waals surface area contributed by atoms with Crippen molar-refractivity contribution in [1.29, 1.82) is 5.41 Å². The van der Waals surface area contributed by atoms with E-state index in [4.69, 9.17) is 15.9 Å². The molecule has 34 heavy (non-hydrogen) atoms. The predicted octanol–water partition coefficient (Wildman–Crippen LogP) is 2.53. The second kappa shape index (κ2) is 9.55. The normalized spacial score (nSPS) is 15.5. The summed E-state index contributed by atoms with van der Waals surface area (Å²) in [5.74, 6) is -0.607. The Bertz CT molecular complexity index is 1330. The molecule has 1 saturated heterocycles. The number of imidazole rings is 1. The number of carbonyl (C=O) groups is 1. The van der Waals surface area contributed by atoms with Crippen LogP contribution in [-0.2, 0) is 33.0 Å². The molecule has 2 aromatic carbocycles. The first-order valence-corrected chi connectivity index (χ1v) is 12.7. The first kappa shape index (κ1) is 23.9. The van der Waals surface area contributed by atoms with Crippen LogP contribution in [-0.4, -0.2) is 53.8 Å². The van der Waals surface area contributed by atoms with Crippen LogP contribution in [0.4, 0.5) is 0 Å². The van der Waals surface area contributed by atoms with Crippen molar-refractivity contribution in [2.45, 2.75) is 37.0 Å². The summed E-state index contributed by atoms with van der Waals surface area (Å²) in [6.07, 6.45) is 2.07. The van der Waals surface area contributed by atoms with E-state index in [2.05, 4.69) is 4.98 Å². The van der Waals surface area contributed by atoms with Gasteiger partial charge in [-0.25, -0.2) is 13.4 Å². The molecule has 0 amide bonds. The summed E-state index contributed by atoms with van der Waals surface area (Å²) in [6.45, 7) is 3.05. The van der Waals surface area contributed by atoms with Gasteiger partial charge in [0.15, 0.2) is 0 Å². The molecule has 1 atom stereocenters. The molecule has 1 aliphatic rings. The molecule has 10 heteroatoms. The first-order chi connectivity index (χ1) is 16.2. The standard InChI is InChI=1S/C24H29N5O4S/c1-3-33-24(30)19(14-16-6-8-17(9-7-16)22(25)26)23-27-20-15-18(10-11-21(20)28(23)2)34(31,32)29-12-4-5-13-29/h6-11,15,19H,3-5,12-14H2,1-2H3,(H3,25,26). The molecular formula is C24H29N5O4S. The van der Waals surface area contributed by atoms with Crippen LogP contribution in [0, 0.1) is 5.41 Å². The Hall–Kier alpha value is -3.24. The maximum absolute atomic E-state index is 13.0. The molecule has 1 aromatic heterocycles. The molecule has 3 aromatic rings. The third-order valence-corrected chi connectivity index (χ3v) is 8.07. The highest BCUT2D eigenvalue weighted by atomic mass is 32.2. The number of nitrogen functional groups attached to an aromatic ring is 1. The van der Waals surface area contributed by atoms with Crippen LogP contribution in [0.15, 0.2) is 47.4 Å². The van der Waals surface area contributed by atoms with Crippen molar-refractivity contribution in [2.75, 3.05) is 19.7 Å². The van der Waals surface area contributed by atoms with Gasteiger partial charge in [0.1, 0.15) is 17.6 Å². The number of hydrogen-bond donors (Lipinski definition) is 2. The molecule has 0 bridgehead atoms. The van der Waals surface area contributed by atoms with E-state index in [9.17, 15) is 13.2 Å². The maximum Gasteiger partial charge on any atom is 0.316 e. The maximum atomic E-state index is 13.0. The van der Waals surface area contributed by atoms with Gasteiger partial charge in [-0.3, -0.25) is 10.2 Å². The van der Waals surface area contributed by atoms with Crippen molar-refractivity contribution in [3.63, 3.8) is 0 Å². The number of aryl methyl sites for hydroxylation is 1. The molecule has 0 aliphatic carbocycles. The fourth-order valence-electron chi connectivity index (χ4n) is 4.33. The summed E-state index contributed by atoms with van der Waals surface area (Å²) in [4.78, 5) is 17.8. The SMILES string of the molecule is CCOC(=O)C(Cc1ccc(C(=N)N)cc1)c1nc2cc(S(=O)(=O)N3CCCC3)ccc2n1C. The lowest BCUT2D eigenvalue weighted by Crippen LogP contribution is -2.27. The largest absolute Gasteiger partial charge is 0.465 e. The van der Waals surface area contributed by atoms with Crippen LogP contribution in [0.1, 0.15) is 42.6 Å². The first-order valence-electron chi connectivity index (χ1n) is 11.3. The van der Waals surface area contributed by atoms with Crippen molar-refractivity contribution in [3.8, 4) is 0 Å². The number of rotatable bonds is 8. The van der Waals surface area contributed by atoms with Crippen LogP contribution in [0.2, 0.25) is 0 Å². The fraction of sp³-hybridized carbons (Fsp3) is 0.375. The van der Waals surface area contributed by atoms with Crippen LogP contribution < -0.4 is 5.73 Å². The molecule has 2 heterocycles. The van der Waals surface area contributed by atoms with Crippen LogP contribution in [0.3, 0.4) is 0 Å². The lowest BCUT2D eigenvalue weighted by atomic mass is 9.97. The van der Waals surface area contributed by atoms with Gasteiger partial charge in [0.2, 0.25) is 10.0 Å². The van der Waals surface area contributed by atoms with Crippen molar-refractivity contribution in [1.82, 2.24) is 13.9 Å². The number of nitrogens with two attached hydrogens (primary N) is 1. The van der Waals surface area contributed by atoms with E-state index in [0.717, 1.165) is 23.9 Å². The number of nitrogens with zero attached hydrogens (tertiary/aromatic N) is 3. The van der Waals surface area contributed by atoms with E-state index in [-0.39, 0.29) is 17.3 Å². The van der Waals surface area contributed by atoms with Gasteiger partial charge in [-0.05, 0) is 49.9 Å². The highest BCUT2D eigenvalue weighted by Crippen LogP contribution is 2.29. The molecular weight excluding hydrogens is 454 g/mol. The summed E-state index contributed by atoms with van der Waals surface area (Å²) in [7, 11) is -1.76. The fourth-order valence-corrected chi connectivity index (χ4v) is 5.86. The highest BCUT2D eigenvalue weighted by molar-refractivity contribution is 7.89. The minimum atomic E-state index is -3.57. The summed E-state index contributed by atoms with van der Waals surface area (Å²) < 4.78 is 34.7. The van der Waals surface area contributed by atoms with Crippen LogP contribution in [0.25, 0.3) is 11.0 Å². The number of fused-ring (bicyclic) bond motifs is 1. The lowest BCUT2D eigenvalue weighted by Gasteiger charge is -2.16. The van der Waals surface area contributed by atoms with Gasteiger partial charge in [-0.2, -0.15) is 4.31 Å². The predicted molar refractivity (Wildman–Crippen MR) is 129 cm³/mol. The highest BCUT2D eigenvalue weighted by Gasteiger charge is 2.30. The number of esters is 1. The minimum absolute atomic E-state index is 0.0245. The van der Waals surface area contributed by atoms with E-state index < -0.39 is 21.9 Å². The number of benzene rings is 2. The zero-order valence-electron chi connectivity index (χ0n) is 19.3. The molecule has 180 valence electrons. The van der Waals surface area contributed by atoms with Crippen molar-refractivity contribution in [3.05, 3.63) is 59.4 Å². The molecule has 1 unspecified atom stereocenters. The van der Waals surface area contributed by atoms with E-state index in [0.29, 0.717) is 36.4 Å². The topological polar surface area (TPSA) is 131 Å². The molecule has 3 N–H and O–H groups in total. The Morgan fingerprint density at radius 2 is 1.85 bits per heavy atom. The second-order valence-corrected chi connectivity index (χ2v) is 10.3. The van der Waals surface area contributed by atoms with Gasteiger partial charge < -0.3 is 15.0 Å². The molecule has 0 radical (unpaired) electrons. The second-order valence-electron chi connectivity index (χ2n) is 8.41. The summed E-state index contributed by atoms with van der Waals surface area (Å²) in [5.41, 5.74) is 8.26. The van der Waals surface area contributed by atoms with Gasteiger partial charge in [0.25, 0.3) is 0 Å². The third kappa shape index (κ3) is 4.55.